The Kier molecular flexibility index (Phi) is 6.47. The zero-order chi connectivity index (χ0) is 9.40. The largest absolute Gasteiger partial charge is 0.480 e. The fraction of sp³-hybridized carbons (Fsp3) is 0.714. The number of carboxylic acids is 1. The fourth-order valence-corrected chi connectivity index (χ4v) is 0.752. The minimum absolute atomic E-state index is 0.152. The smallest absolute Gasteiger partial charge is 0.322 e. The van der Waals surface area contributed by atoms with Crippen LogP contribution in [-0.4, -0.2) is 35.4 Å². The number of rotatable bonds is 6. The lowest BCUT2D eigenvalue weighted by atomic mass is 10.3. The van der Waals surface area contributed by atoms with Crippen LogP contribution in [0, 0.1) is 0 Å². The lowest BCUT2D eigenvalue weighted by Crippen LogP contribution is -2.39. The summed E-state index contributed by atoms with van der Waals surface area (Å²) >= 11 is 4.33. The van der Waals surface area contributed by atoms with Crippen molar-refractivity contribution in [3.05, 3.63) is 0 Å². The number of carbonyl (C=O) groups is 1. The molecule has 0 aliphatic carbocycles. The van der Waals surface area contributed by atoms with Crippen molar-refractivity contribution in [3.8, 4) is 0 Å². The van der Waals surface area contributed by atoms with Crippen LogP contribution in [0.4, 0.5) is 0 Å². The van der Waals surface area contributed by atoms with Crippen LogP contribution in [0.3, 0.4) is 0 Å². The first-order valence-corrected chi connectivity index (χ1v) is 4.13. The Bertz CT molecular complexity index is 190. The molecule has 0 amide bonds. The molecule has 68 valence electrons. The van der Waals surface area contributed by atoms with Crippen molar-refractivity contribution in [3.63, 3.8) is 0 Å². The van der Waals surface area contributed by atoms with E-state index >= 15 is 0 Å². The molecule has 0 aromatic heterocycles. The zero-order valence-corrected chi connectivity index (χ0v) is 7.73. The molecule has 4 nitrogen and oxygen atoms in total. The third-order valence-corrected chi connectivity index (χ3v) is 1.41. The Balaban J connectivity index is 3.86. The molecule has 0 rings (SSSR count). The van der Waals surface area contributed by atoms with Crippen LogP contribution in [0.15, 0.2) is 4.99 Å². The number of aliphatic carboxylic acids is 1. The predicted molar refractivity (Wildman–Crippen MR) is 49.6 cm³/mol. The molecule has 2 N–H and O–H groups in total. The fourth-order valence-electron chi connectivity index (χ4n) is 0.677. The Morgan fingerprint density at radius 3 is 2.92 bits per heavy atom. The van der Waals surface area contributed by atoms with Crippen molar-refractivity contribution < 1.29 is 9.90 Å². The van der Waals surface area contributed by atoms with Crippen molar-refractivity contribution in [2.45, 2.75) is 19.4 Å². The Morgan fingerprint density at radius 2 is 2.50 bits per heavy atom. The van der Waals surface area contributed by atoms with Gasteiger partial charge in [-0.05, 0) is 25.2 Å². The molecule has 1 atom stereocenters. The van der Waals surface area contributed by atoms with Gasteiger partial charge in [-0.15, -0.1) is 0 Å². The molecule has 0 spiro atoms. The summed E-state index contributed by atoms with van der Waals surface area (Å²) < 4.78 is 0. The van der Waals surface area contributed by atoms with Crippen molar-refractivity contribution in [1.29, 1.82) is 0 Å². The topological polar surface area (TPSA) is 61.7 Å². The lowest BCUT2D eigenvalue weighted by molar-refractivity contribution is -0.139. The predicted octanol–water partition coefficient (Wildman–Crippen LogP) is 0.542. The van der Waals surface area contributed by atoms with Crippen LogP contribution < -0.4 is 5.32 Å². The van der Waals surface area contributed by atoms with Crippen molar-refractivity contribution >= 4 is 23.3 Å². The summed E-state index contributed by atoms with van der Waals surface area (Å²) in [6, 6.07) is -0.639. The lowest BCUT2D eigenvalue weighted by Gasteiger charge is -2.09. The highest BCUT2D eigenvalue weighted by Crippen LogP contribution is 1.86. The minimum atomic E-state index is -0.905. The third kappa shape index (κ3) is 4.96. The van der Waals surface area contributed by atoms with Gasteiger partial charge in [0.2, 0.25) is 0 Å². The van der Waals surface area contributed by atoms with E-state index in [1.165, 1.54) is 0 Å². The summed E-state index contributed by atoms with van der Waals surface area (Å²) in [5.41, 5.74) is 0. The molecule has 0 saturated carbocycles. The van der Waals surface area contributed by atoms with Crippen LogP contribution in [0.1, 0.15) is 13.3 Å². The normalized spacial score (nSPS) is 11.8. The van der Waals surface area contributed by atoms with Gasteiger partial charge in [-0.2, -0.15) is 0 Å². The summed E-state index contributed by atoms with van der Waals surface area (Å²) in [4.78, 5) is 14.1. The number of hydrogen-bond donors (Lipinski definition) is 2. The molecule has 12 heavy (non-hydrogen) atoms. The number of hydrogen-bond acceptors (Lipinski definition) is 4. The first kappa shape index (κ1) is 11.2. The van der Waals surface area contributed by atoms with E-state index in [4.69, 9.17) is 5.11 Å². The summed E-state index contributed by atoms with van der Waals surface area (Å²) in [6.45, 7) is 2.79. The molecule has 0 aliphatic rings. The number of nitrogens with zero attached hydrogens (tertiary/aromatic N) is 1. The van der Waals surface area contributed by atoms with Gasteiger partial charge in [0.05, 0.1) is 11.7 Å². The molecular formula is C7H12N2O2S. The molecule has 0 fully saturated rings. The highest BCUT2D eigenvalue weighted by Gasteiger charge is 2.14. The van der Waals surface area contributed by atoms with E-state index in [0.717, 1.165) is 6.42 Å². The maximum atomic E-state index is 10.5. The van der Waals surface area contributed by atoms with Gasteiger partial charge < -0.3 is 10.4 Å². The van der Waals surface area contributed by atoms with Crippen LogP contribution in [0.2, 0.25) is 0 Å². The molecule has 0 aliphatic heterocycles. The summed E-state index contributed by atoms with van der Waals surface area (Å²) in [5, 5.41) is 13.6. The first-order chi connectivity index (χ1) is 5.72. The Morgan fingerprint density at radius 1 is 1.83 bits per heavy atom. The van der Waals surface area contributed by atoms with E-state index in [0.29, 0.717) is 6.54 Å². The second-order valence-electron chi connectivity index (χ2n) is 2.28. The number of thiocarbonyl (C=S) groups is 1. The Labute approximate surface area is 76.7 Å². The van der Waals surface area contributed by atoms with Crippen molar-refractivity contribution in [2.24, 2.45) is 4.99 Å². The van der Waals surface area contributed by atoms with Crippen LogP contribution in [0.5, 0.6) is 0 Å². The highest BCUT2D eigenvalue weighted by molar-refractivity contribution is 7.78. The van der Waals surface area contributed by atoms with E-state index in [1.807, 2.05) is 6.92 Å². The van der Waals surface area contributed by atoms with E-state index in [9.17, 15) is 4.79 Å². The minimum Gasteiger partial charge on any atom is -0.480 e. The molecule has 0 heterocycles. The van der Waals surface area contributed by atoms with Gasteiger partial charge in [0.1, 0.15) is 6.04 Å². The first-order valence-electron chi connectivity index (χ1n) is 3.72. The number of carboxylic acid groups (broad SMARTS) is 1. The Hall–Kier alpha value is -0.770. The number of nitrogens with one attached hydrogen (secondary N) is 1. The van der Waals surface area contributed by atoms with Crippen LogP contribution in [0.25, 0.3) is 0 Å². The van der Waals surface area contributed by atoms with Crippen LogP contribution >= 0.6 is 12.2 Å². The average molecular weight is 188 g/mol. The van der Waals surface area contributed by atoms with Crippen LogP contribution in [-0.2, 0) is 4.79 Å². The molecule has 0 saturated heterocycles. The third-order valence-electron chi connectivity index (χ3n) is 1.28. The maximum Gasteiger partial charge on any atom is 0.322 e. The van der Waals surface area contributed by atoms with Gasteiger partial charge in [-0.25, -0.2) is 4.99 Å². The summed E-state index contributed by atoms with van der Waals surface area (Å²) in [7, 11) is 0. The standard InChI is InChI=1S/C7H12N2O2S/c1-2-3-9-6(7(10)11)4-8-5-12/h6,9H,2-4H2,1H3,(H,10,11). The second kappa shape index (κ2) is 6.91. The molecule has 0 radical (unpaired) electrons. The van der Waals surface area contributed by atoms with Gasteiger partial charge >= 0.3 is 5.97 Å². The molecule has 1 unspecified atom stereocenters. The van der Waals surface area contributed by atoms with Crippen molar-refractivity contribution in [1.82, 2.24) is 5.32 Å². The van der Waals surface area contributed by atoms with E-state index in [-0.39, 0.29) is 6.54 Å². The van der Waals surface area contributed by atoms with Gasteiger partial charge in [0, 0.05) is 0 Å². The highest BCUT2D eigenvalue weighted by atomic mass is 32.1. The summed E-state index contributed by atoms with van der Waals surface area (Å²) in [6.07, 6.45) is 0.894. The summed E-state index contributed by atoms with van der Waals surface area (Å²) in [5.74, 6) is -0.905. The SMILES string of the molecule is CCCNC(CN=C=S)C(=O)O. The van der Waals surface area contributed by atoms with Gasteiger partial charge in [-0.3, -0.25) is 4.79 Å². The number of isothiocyanates is 1. The van der Waals surface area contributed by atoms with E-state index in [2.05, 4.69) is 27.7 Å². The molecule has 0 aromatic carbocycles. The van der Waals surface area contributed by atoms with Gasteiger partial charge in [0.25, 0.3) is 0 Å². The average Bonchev–Trinajstić information content (AvgIpc) is 2.04. The zero-order valence-electron chi connectivity index (χ0n) is 6.91. The maximum absolute atomic E-state index is 10.5. The monoisotopic (exact) mass is 188 g/mol. The molecule has 0 bridgehead atoms. The van der Waals surface area contributed by atoms with Gasteiger partial charge in [0.15, 0.2) is 0 Å². The molecule has 0 aromatic rings. The second-order valence-corrected chi connectivity index (χ2v) is 2.46. The van der Waals surface area contributed by atoms with Gasteiger partial charge in [-0.1, -0.05) is 6.92 Å². The molecular weight excluding hydrogens is 176 g/mol. The van der Waals surface area contributed by atoms with Crippen molar-refractivity contribution in [2.75, 3.05) is 13.1 Å². The number of aliphatic imine (C=N–C) groups is 1. The quantitative estimate of drug-likeness (QED) is 0.472. The van der Waals surface area contributed by atoms with E-state index < -0.39 is 12.0 Å². The van der Waals surface area contributed by atoms with E-state index in [1.54, 1.807) is 0 Å². The molecule has 5 heteroatoms.